The minimum absolute atomic E-state index is 0.0418. The number of aryl methyl sites for hydroxylation is 2. The van der Waals surface area contributed by atoms with Crippen LogP contribution in [0.5, 0.6) is 0 Å². The van der Waals surface area contributed by atoms with Crippen LogP contribution in [-0.4, -0.2) is 44.6 Å². The number of benzene rings is 2. The first kappa shape index (κ1) is 23.5. The van der Waals surface area contributed by atoms with Gasteiger partial charge in [0, 0.05) is 11.6 Å². The fraction of sp³-hybridized carbons (Fsp3) is 0.379. The Labute approximate surface area is 216 Å². The summed E-state index contributed by atoms with van der Waals surface area (Å²) in [5.74, 6) is -0.212. The molecule has 190 valence electrons. The highest BCUT2D eigenvalue weighted by molar-refractivity contribution is 6.10. The van der Waals surface area contributed by atoms with Crippen LogP contribution in [-0.2, 0) is 22.4 Å². The molecule has 6 rings (SSSR count). The van der Waals surface area contributed by atoms with E-state index in [9.17, 15) is 14.4 Å². The molecule has 2 aromatic carbocycles. The lowest BCUT2D eigenvalue weighted by molar-refractivity contribution is -0.136. The maximum Gasteiger partial charge on any atom is 0.325 e. The van der Waals surface area contributed by atoms with E-state index in [0.29, 0.717) is 12.2 Å². The number of nitrogens with one attached hydrogen (secondary N) is 2. The van der Waals surface area contributed by atoms with Crippen LogP contribution in [0.15, 0.2) is 54.6 Å². The van der Waals surface area contributed by atoms with Crippen molar-refractivity contribution in [3.05, 3.63) is 65.7 Å². The third-order valence-corrected chi connectivity index (χ3v) is 8.18. The van der Waals surface area contributed by atoms with Crippen LogP contribution >= 0.6 is 0 Å². The molecule has 2 aliphatic carbocycles. The number of urea groups is 1. The molecule has 3 aliphatic rings. The van der Waals surface area contributed by atoms with Crippen molar-refractivity contribution < 1.29 is 14.4 Å². The Morgan fingerprint density at radius 2 is 1.86 bits per heavy atom. The molecule has 1 aliphatic heterocycles. The van der Waals surface area contributed by atoms with E-state index < -0.39 is 17.5 Å². The van der Waals surface area contributed by atoms with E-state index in [-0.39, 0.29) is 18.4 Å². The smallest absolute Gasteiger partial charge is 0.323 e. The van der Waals surface area contributed by atoms with Gasteiger partial charge >= 0.3 is 6.03 Å². The minimum atomic E-state index is -0.887. The Kier molecular flexibility index (Phi) is 5.82. The molecule has 3 aromatic rings. The lowest BCUT2D eigenvalue weighted by Crippen LogP contribution is -2.54. The predicted octanol–water partition coefficient (Wildman–Crippen LogP) is 4.47. The van der Waals surface area contributed by atoms with Crippen molar-refractivity contribution in [3.8, 4) is 16.9 Å². The van der Waals surface area contributed by atoms with Gasteiger partial charge in [-0.2, -0.15) is 5.10 Å². The molecule has 37 heavy (non-hydrogen) atoms. The Hall–Kier alpha value is -3.94. The van der Waals surface area contributed by atoms with Gasteiger partial charge in [0.05, 0.1) is 11.4 Å². The molecule has 2 unspecified atom stereocenters. The molecule has 1 spiro atoms. The summed E-state index contributed by atoms with van der Waals surface area (Å²) in [6.45, 7) is 1.66. The van der Waals surface area contributed by atoms with Crippen LogP contribution in [0.2, 0.25) is 0 Å². The maximum absolute atomic E-state index is 13.3. The summed E-state index contributed by atoms with van der Waals surface area (Å²) in [5, 5.41) is 10.6. The number of imide groups is 1. The third kappa shape index (κ3) is 4.10. The van der Waals surface area contributed by atoms with Gasteiger partial charge in [-0.25, -0.2) is 9.48 Å². The molecule has 1 saturated carbocycles. The zero-order valence-corrected chi connectivity index (χ0v) is 21.0. The Morgan fingerprint density at radius 1 is 1.05 bits per heavy atom. The molecule has 2 heterocycles. The standard InChI is InChI=1S/C29H31N5O3/c1-19-8-5-6-15-29(19)27(36)33(28(37)31-29)18-26(35)30-25-17-24(32-34(25)23-11-3-2-4-12-23)22-14-13-20-9-7-10-21(20)16-22/h2-4,11-14,16-17,19H,5-10,15,18H2,1H3,(H,30,35)(H,31,37). The number of rotatable bonds is 5. The fourth-order valence-electron chi connectivity index (χ4n) is 6.07. The summed E-state index contributed by atoms with van der Waals surface area (Å²) < 4.78 is 1.69. The summed E-state index contributed by atoms with van der Waals surface area (Å²) in [6, 6.07) is 17.4. The van der Waals surface area contributed by atoms with E-state index in [4.69, 9.17) is 5.10 Å². The number of aromatic nitrogens is 2. The fourth-order valence-corrected chi connectivity index (χ4v) is 6.07. The van der Waals surface area contributed by atoms with Gasteiger partial charge in [0.1, 0.15) is 17.9 Å². The van der Waals surface area contributed by atoms with Gasteiger partial charge in [0.15, 0.2) is 0 Å². The Balaban J connectivity index is 1.26. The van der Waals surface area contributed by atoms with Crippen LogP contribution < -0.4 is 10.6 Å². The molecule has 8 nitrogen and oxygen atoms in total. The predicted molar refractivity (Wildman–Crippen MR) is 140 cm³/mol. The average Bonchev–Trinajstić information content (AvgIpc) is 3.60. The van der Waals surface area contributed by atoms with Gasteiger partial charge < -0.3 is 10.6 Å². The molecule has 2 atom stereocenters. The van der Waals surface area contributed by atoms with E-state index in [2.05, 4.69) is 28.8 Å². The van der Waals surface area contributed by atoms with Gasteiger partial charge in [-0.05, 0) is 67.3 Å². The SMILES string of the molecule is CC1CCCCC12NC(=O)N(CC(=O)Nc1cc(-c3ccc4c(c3)CCC4)nn1-c1ccccc1)C2=O. The number of para-hydroxylation sites is 1. The van der Waals surface area contributed by atoms with Crippen LogP contribution in [0.25, 0.3) is 16.9 Å². The summed E-state index contributed by atoms with van der Waals surface area (Å²) in [7, 11) is 0. The van der Waals surface area contributed by atoms with Crippen LogP contribution in [0.3, 0.4) is 0 Å². The zero-order chi connectivity index (χ0) is 25.6. The Bertz CT molecular complexity index is 1380. The second kappa shape index (κ2) is 9.18. The highest BCUT2D eigenvalue weighted by Gasteiger charge is 2.55. The maximum atomic E-state index is 13.3. The molecule has 0 bridgehead atoms. The first-order chi connectivity index (χ1) is 17.9. The first-order valence-electron chi connectivity index (χ1n) is 13.2. The summed E-state index contributed by atoms with van der Waals surface area (Å²) >= 11 is 0. The second-order valence-corrected chi connectivity index (χ2v) is 10.5. The normalized spacial score (nSPS) is 22.8. The van der Waals surface area contributed by atoms with Crippen molar-refractivity contribution in [2.24, 2.45) is 5.92 Å². The summed E-state index contributed by atoms with van der Waals surface area (Å²) in [4.78, 5) is 40.3. The molecule has 8 heteroatoms. The Morgan fingerprint density at radius 3 is 2.68 bits per heavy atom. The number of anilines is 1. The van der Waals surface area contributed by atoms with Gasteiger partial charge in [0.2, 0.25) is 5.91 Å². The van der Waals surface area contributed by atoms with E-state index in [1.54, 1.807) is 4.68 Å². The summed E-state index contributed by atoms with van der Waals surface area (Å²) in [6.07, 6.45) is 6.77. The minimum Gasteiger partial charge on any atom is -0.323 e. The number of hydrogen-bond donors (Lipinski definition) is 2. The monoisotopic (exact) mass is 497 g/mol. The lowest BCUT2D eigenvalue weighted by atomic mass is 9.73. The highest BCUT2D eigenvalue weighted by Crippen LogP contribution is 2.38. The molecule has 1 aromatic heterocycles. The van der Waals surface area contributed by atoms with Crippen molar-refractivity contribution in [1.29, 1.82) is 0 Å². The van der Waals surface area contributed by atoms with Gasteiger partial charge in [0.25, 0.3) is 5.91 Å². The largest absolute Gasteiger partial charge is 0.325 e. The lowest BCUT2D eigenvalue weighted by Gasteiger charge is -2.36. The van der Waals surface area contributed by atoms with Crippen molar-refractivity contribution in [1.82, 2.24) is 20.0 Å². The zero-order valence-electron chi connectivity index (χ0n) is 21.0. The molecule has 2 fully saturated rings. The van der Waals surface area contributed by atoms with E-state index >= 15 is 0 Å². The van der Waals surface area contributed by atoms with Crippen molar-refractivity contribution in [2.75, 3.05) is 11.9 Å². The second-order valence-electron chi connectivity index (χ2n) is 10.5. The third-order valence-electron chi connectivity index (χ3n) is 8.18. The molecule has 2 N–H and O–H groups in total. The molecular weight excluding hydrogens is 466 g/mol. The van der Waals surface area contributed by atoms with Gasteiger partial charge in [-0.1, -0.05) is 50.1 Å². The number of fused-ring (bicyclic) bond motifs is 1. The number of carbonyl (C=O) groups excluding carboxylic acids is 3. The van der Waals surface area contributed by atoms with Gasteiger partial charge in [-0.15, -0.1) is 0 Å². The van der Waals surface area contributed by atoms with Crippen molar-refractivity contribution >= 4 is 23.7 Å². The van der Waals surface area contributed by atoms with Crippen LogP contribution in [0.1, 0.15) is 50.2 Å². The molecule has 1 saturated heterocycles. The summed E-state index contributed by atoms with van der Waals surface area (Å²) in [5.41, 5.74) is 4.39. The average molecular weight is 498 g/mol. The van der Waals surface area contributed by atoms with E-state index in [1.807, 2.05) is 43.3 Å². The quantitative estimate of drug-likeness (QED) is 0.509. The number of carbonyl (C=O) groups is 3. The molecule has 4 amide bonds. The van der Waals surface area contributed by atoms with Crippen molar-refractivity contribution in [2.45, 2.75) is 57.4 Å². The number of nitrogens with zero attached hydrogens (tertiary/aromatic N) is 3. The van der Waals surface area contributed by atoms with E-state index in [1.165, 1.54) is 17.5 Å². The van der Waals surface area contributed by atoms with E-state index in [0.717, 1.165) is 53.9 Å². The first-order valence-corrected chi connectivity index (χ1v) is 13.2. The van der Waals surface area contributed by atoms with Crippen molar-refractivity contribution in [3.63, 3.8) is 0 Å². The topological polar surface area (TPSA) is 96.3 Å². The van der Waals surface area contributed by atoms with Crippen LogP contribution in [0.4, 0.5) is 10.6 Å². The van der Waals surface area contributed by atoms with Gasteiger partial charge in [-0.3, -0.25) is 14.5 Å². The number of hydrogen-bond acceptors (Lipinski definition) is 4. The van der Waals surface area contributed by atoms with Crippen LogP contribution in [0, 0.1) is 5.92 Å². The number of amides is 4. The highest BCUT2D eigenvalue weighted by atomic mass is 16.2. The molecular formula is C29H31N5O3. The molecule has 0 radical (unpaired) electrons.